The first-order valence-corrected chi connectivity index (χ1v) is 5.24. The number of ketones is 1. The lowest BCUT2D eigenvalue weighted by molar-refractivity contribution is -0.127. The molecule has 0 saturated heterocycles. The lowest BCUT2D eigenvalue weighted by Crippen LogP contribution is -2.39. The minimum atomic E-state index is -0.193. The highest BCUT2D eigenvalue weighted by atomic mass is 16.5. The molecule has 0 bridgehead atoms. The highest BCUT2D eigenvalue weighted by Gasteiger charge is 2.41. The number of carbonyl (C=O) groups is 2. The zero-order valence-corrected chi connectivity index (χ0v) is 9.45. The van der Waals surface area contributed by atoms with E-state index >= 15 is 0 Å². The van der Waals surface area contributed by atoms with Crippen molar-refractivity contribution >= 4 is 12.1 Å². The fourth-order valence-electron chi connectivity index (χ4n) is 2.30. The topological polar surface area (TPSA) is 43.4 Å². The van der Waals surface area contributed by atoms with Crippen LogP contribution in [0.3, 0.4) is 0 Å². The van der Waals surface area contributed by atoms with Crippen molar-refractivity contribution in [2.24, 2.45) is 0 Å². The normalized spacial score (nSPS) is 17.8. The van der Waals surface area contributed by atoms with Crippen LogP contribution in [0.2, 0.25) is 0 Å². The average molecular weight is 218 g/mol. The van der Waals surface area contributed by atoms with Gasteiger partial charge in [0.1, 0.15) is 17.8 Å². The van der Waals surface area contributed by atoms with Crippen molar-refractivity contribution < 1.29 is 14.3 Å². The number of benzene rings is 1. The van der Waals surface area contributed by atoms with E-state index in [4.69, 9.17) is 4.74 Å². The molecule has 0 aromatic heterocycles. The fraction of sp³-hybridized carbons (Fsp3) is 0.385. The van der Waals surface area contributed by atoms with Gasteiger partial charge in [-0.25, -0.2) is 0 Å². The monoisotopic (exact) mass is 218 g/mol. The lowest BCUT2D eigenvalue weighted by atomic mass is 9.64. The van der Waals surface area contributed by atoms with Gasteiger partial charge in [0.05, 0.1) is 7.11 Å². The molecule has 0 heterocycles. The summed E-state index contributed by atoms with van der Waals surface area (Å²) in [5.74, 6) is 0.975. The molecule has 1 aromatic rings. The Labute approximate surface area is 94.4 Å². The Hall–Kier alpha value is -1.64. The molecule has 16 heavy (non-hydrogen) atoms. The van der Waals surface area contributed by atoms with Crippen LogP contribution in [0, 0.1) is 0 Å². The van der Waals surface area contributed by atoms with E-state index in [9.17, 15) is 9.59 Å². The number of aldehydes is 1. The van der Waals surface area contributed by atoms with Crippen LogP contribution in [-0.4, -0.2) is 19.2 Å². The van der Waals surface area contributed by atoms with Crippen molar-refractivity contribution in [1.82, 2.24) is 0 Å². The highest BCUT2D eigenvalue weighted by Crippen LogP contribution is 2.42. The predicted octanol–water partition coefficient (Wildman–Crippen LogP) is 2.13. The summed E-state index contributed by atoms with van der Waals surface area (Å²) in [5.41, 5.74) is 1.37. The van der Waals surface area contributed by atoms with Gasteiger partial charge in [0, 0.05) is 23.8 Å². The Morgan fingerprint density at radius 3 is 2.56 bits per heavy atom. The predicted molar refractivity (Wildman–Crippen MR) is 60.0 cm³/mol. The molecule has 1 fully saturated rings. The molecule has 84 valence electrons. The quantitative estimate of drug-likeness (QED) is 0.730. The second-order valence-corrected chi connectivity index (χ2v) is 4.52. The number of hydrogen-bond acceptors (Lipinski definition) is 3. The van der Waals surface area contributed by atoms with Crippen LogP contribution in [0.4, 0.5) is 0 Å². The molecule has 0 unspecified atom stereocenters. The van der Waals surface area contributed by atoms with Crippen LogP contribution >= 0.6 is 0 Å². The van der Waals surface area contributed by atoms with Crippen LogP contribution < -0.4 is 4.74 Å². The maximum atomic E-state index is 11.1. The molecule has 1 aliphatic carbocycles. The average Bonchev–Trinajstić information content (AvgIpc) is 2.26. The van der Waals surface area contributed by atoms with E-state index in [-0.39, 0.29) is 11.2 Å². The summed E-state index contributed by atoms with van der Waals surface area (Å²) >= 11 is 0. The van der Waals surface area contributed by atoms with Gasteiger partial charge in [-0.05, 0) is 23.8 Å². The first kappa shape index (κ1) is 10.9. The van der Waals surface area contributed by atoms with E-state index in [1.54, 1.807) is 19.2 Å². The van der Waals surface area contributed by atoms with Crippen LogP contribution in [-0.2, 0) is 10.2 Å². The van der Waals surface area contributed by atoms with Crippen molar-refractivity contribution in [1.29, 1.82) is 0 Å². The van der Waals surface area contributed by atoms with Gasteiger partial charge in [0.25, 0.3) is 0 Å². The number of carbonyl (C=O) groups excluding carboxylic acids is 2. The second-order valence-electron chi connectivity index (χ2n) is 4.52. The number of ether oxygens (including phenoxy) is 1. The van der Waals surface area contributed by atoms with Crippen LogP contribution in [0.15, 0.2) is 18.2 Å². The zero-order valence-electron chi connectivity index (χ0n) is 9.45. The lowest BCUT2D eigenvalue weighted by Gasteiger charge is -2.38. The maximum absolute atomic E-state index is 11.1. The van der Waals surface area contributed by atoms with Crippen LogP contribution in [0.5, 0.6) is 5.75 Å². The van der Waals surface area contributed by atoms with E-state index < -0.39 is 0 Å². The summed E-state index contributed by atoms with van der Waals surface area (Å²) in [4.78, 5) is 22.1. The van der Waals surface area contributed by atoms with E-state index in [0.717, 1.165) is 17.6 Å². The van der Waals surface area contributed by atoms with Gasteiger partial charge in [-0.15, -0.1) is 0 Å². The smallest absolute Gasteiger partial charge is 0.150 e. The summed E-state index contributed by atoms with van der Waals surface area (Å²) in [6, 6.07) is 5.36. The van der Waals surface area contributed by atoms with Gasteiger partial charge in [-0.1, -0.05) is 6.92 Å². The third-order valence-electron chi connectivity index (χ3n) is 3.21. The highest BCUT2D eigenvalue weighted by molar-refractivity contribution is 5.90. The Morgan fingerprint density at radius 2 is 2.06 bits per heavy atom. The summed E-state index contributed by atoms with van der Waals surface area (Å²) in [6.45, 7) is 2.01. The Morgan fingerprint density at radius 1 is 1.38 bits per heavy atom. The number of methoxy groups -OCH3 is 1. The molecule has 0 radical (unpaired) electrons. The van der Waals surface area contributed by atoms with Gasteiger partial charge >= 0.3 is 0 Å². The van der Waals surface area contributed by atoms with Crippen molar-refractivity contribution in [3.8, 4) is 5.75 Å². The molecule has 0 N–H and O–H groups in total. The van der Waals surface area contributed by atoms with Gasteiger partial charge < -0.3 is 4.74 Å². The molecule has 1 aliphatic rings. The first-order valence-electron chi connectivity index (χ1n) is 5.24. The minimum Gasteiger partial charge on any atom is -0.497 e. The number of rotatable bonds is 3. The standard InChI is InChI=1S/C13H14O3/c1-13(6-10(15)7-13)12-5-11(16-2)4-3-9(12)8-14/h3-5,8H,6-7H2,1-2H3. The van der Waals surface area contributed by atoms with Gasteiger partial charge in [0.2, 0.25) is 0 Å². The van der Waals surface area contributed by atoms with E-state index in [1.807, 2.05) is 13.0 Å². The van der Waals surface area contributed by atoms with Gasteiger partial charge in [-0.3, -0.25) is 9.59 Å². The Bertz CT molecular complexity index is 440. The molecule has 0 spiro atoms. The number of hydrogen-bond donors (Lipinski definition) is 0. The molecule has 1 saturated carbocycles. The van der Waals surface area contributed by atoms with Gasteiger partial charge in [-0.2, -0.15) is 0 Å². The third kappa shape index (κ3) is 1.62. The van der Waals surface area contributed by atoms with Crippen LogP contribution in [0.25, 0.3) is 0 Å². The molecule has 0 amide bonds. The van der Waals surface area contributed by atoms with Gasteiger partial charge in [0.15, 0.2) is 0 Å². The largest absolute Gasteiger partial charge is 0.497 e. The van der Waals surface area contributed by atoms with E-state index in [2.05, 4.69) is 0 Å². The summed E-state index contributed by atoms with van der Waals surface area (Å²) < 4.78 is 5.14. The van der Waals surface area contributed by atoms with Crippen molar-refractivity contribution in [2.75, 3.05) is 7.11 Å². The van der Waals surface area contributed by atoms with E-state index in [1.165, 1.54) is 0 Å². The zero-order chi connectivity index (χ0) is 11.8. The van der Waals surface area contributed by atoms with Crippen LogP contribution in [0.1, 0.15) is 35.7 Å². The summed E-state index contributed by atoms with van der Waals surface area (Å²) in [5, 5.41) is 0. The Kier molecular flexibility index (Phi) is 2.54. The first-order chi connectivity index (χ1) is 7.59. The third-order valence-corrected chi connectivity index (χ3v) is 3.21. The SMILES string of the molecule is COc1ccc(C=O)c(C2(C)CC(=O)C2)c1. The molecule has 1 aromatic carbocycles. The van der Waals surface area contributed by atoms with Crippen molar-refractivity contribution in [2.45, 2.75) is 25.2 Å². The molecule has 3 heteroatoms. The molecule has 0 aliphatic heterocycles. The fourth-order valence-corrected chi connectivity index (χ4v) is 2.30. The van der Waals surface area contributed by atoms with Crippen molar-refractivity contribution in [3.63, 3.8) is 0 Å². The maximum Gasteiger partial charge on any atom is 0.150 e. The Balaban J connectivity index is 2.45. The summed E-state index contributed by atoms with van der Waals surface area (Å²) in [7, 11) is 1.59. The second kappa shape index (κ2) is 3.74. The molecule has 0 atom stereocenters. The summed E-state index contributed by atoms with van der Waals surface area (Å²) in [6.07, 6.45) is 1.87. The number of Topliss-reactive ketones (excluding diaryl/α,β-unsaturated/α-hetero) is 1. The minimum absolute atomic E-state index is 0.193. The molecular formula is C13H14O3. The van der Waals surface area contributed by atoms with Crippen molar-refractivity contribution in [3.05, 3.63) is 29.3 Å². The van der Waals surface area contributed by atoms with E-state index in [0.29, 0.717) is 18.4 Å². The molecule has 2 rings (SSSR count). The molecular weight excluding hydrogens is 204 g/mol. The molecule has 3 nitrogen and oxygen atoms in total.